The lowest BCUT2D eigenvalue weighted by Crippen LogP contribution is -1.70. The van der Waals surface area contributed by atoms with E-state index in [2.05, 4.69) is 241 Å². The standard InChI is InChI=1S/H55P55S/c1-28-43(30(2)3)51(45(31(4)5)32(6)7)52(46(33(8)9)34(10)11)44(29-56)53(54(47(35(12)13)36(14)15)48(37(16)17)38(18)19)55(49(39(20)21)40(22)23)50(41(24)25)42(26)27/h28H,1-27H2. The lowest BCUT2D eigenvalue weighted by molar-refractivity contribution is 4.36. The van der Waals surface area contributed by atoms with E-state index in [-0.39, 0.29) is 182 Å². The summed E-state index contributed by atoms with van der Waals surface area (Å²) in [6.07, 6.45) is 0. The van der Waals surface area contributed by atoms with Gasteiger partial charge in [-0.1, -0.05) is 19.8 Å². The molecule has 0 amide bonds. The maximum absolute atomic E-state index is 7.00. The number of rotatable bonds is 27. The molecule has 0 aromatic carbocycles. The summed E-state index contributed by atoms with van der Waals surface area (Å²) in [5.41, 5.74) is 0. The predicted octanol–water partition coefficient (Wildman–Crippen LogP) is 32.6. The van der Waals surface area contributed by atoms with Crippen molar-refractivity contribution in [3.63, 3.8) is 0 Å². The molecule has 0 nitrogen and oxygen atoms in total. The first-order valence-electron chi connectivity index (χ1n) is 12.6. The fourth-order valence-corrected chi connectivity index (χ4v) is 791. The van der Waals surface area contributed by atoms with E-state index in [4.69, 9.17) is 11.8 Å². The summed E-state index contributed by atoms with van der Waals surface area (Å²) in [4.78, 5) is 0. The zero-order valence-corrected chi connectivity index (χ0v) is 85.7. The van der Waals surface area contributed by atoms with Gasteiger partial charge in [-0.25, -0.2) is 0 Å². The summed E-state index contributed by atoms with van der Waals surface area (Å²) in [6.45, 7) is -5.59. The second kappa shape index (κ2) is 44.2. The molecule has 32 unspecified atom stereocenters. The first-order chi connectivity index (χ1) is 25.6. The molecule has 0 bridgehead atoms. The quantitative estimate of drug-likeness (QED) is 0.0739. The molecule has 0 fully saturated rings. The minimum atomic E-state index is -0.367. The van der Waals surface area contributed by atoms with Gasteiger partial charge in [-0.15, -0.1) is 241 Å². The fourth-order valence-electron chi connectivity index (χ4n) is 3.25. The zero-order valence-electron chi connectivity index (χ0n) is 28.6. The third-order valence-electron chi connectivity index (χ3n) is 4.82. The molecule has 0 aliphatic heterocycles. The van der Waals surface area contributed by atoms with Crippen LogP contribution in [-0.4, -0.2) is 0 Å². The Bertz CT molecular complexity index is 890. The Morgan fingerprint density at radius 2 is 0.429 bits per heavy atom. The van der Waals surface area contributed by atoms with Crippen LogP contribution < -0.4 is 0 Å². The molecule has 56 heteroatoms. The SMILES string of the molecule is PPP(P(P)P)P(P(P(P)P)P(P)P)P(P(P=S)P(P(P(P(P)P)P(P)P)P(P(P)P)P(P)P)P(P(P(P)P)P(P)P)P(P(P)P)P(P)P)P(P(P)P)P(P)P. The zero-order chi connectivity index (χ0) is 44.4. The summed E-state index contributed by atoms with van der Waals surface area (Å²) in [7, 11) is 96.2. The van der Waals surface area contributed by atoms with Gasteiger partial charge in [0.2, 0.25) is 0 Å². The van der Waals surface area contributed by atoms with E-state index < -0.39 is 0 Å². The van der Waals surface area contributed by atoms with E-state index in [1.807, 2.05) is 0 Å². The van der Waals surface area contributed by atoms with Crippen molar-refractivity contribution in [2.24, 2.45) is 0 Å². The molecular formula is H55P55S. The van der Waals surface area contributed by atoms with Crippen LogP contribution in [0.5, 0.6) is 0 Å². The van der Waals surface area contributed by atoms with E-state index in [0.717, 1.165) is 7.96 Å². The third kappa shape index (κ3) is 28.1. The molecule has 0 aromatic rings. The van der Waals surface area contributed by atoms with Crippen LogP contribution in [-0.2, 0) is 11.8 Å². The first kappa shape index (κ1) is 79.7. The third-order valence-corrected chi connectivity index (χ3v) is 390. The van der Waals surface area contributed by atoms with Crippen LogP contribution in [0.25, 0.3) is 0 Å². The first-order valence-corrected chi connectivity index (χ1v) is 113. The van der Waals surface area contributed by atoms with Crippen molar-refractivity contribution in [2.75, 3.05) is 0 Å². The van der Waals surface area contributed by atoms with E-state index in [1.54, 1.807) is 0 Å². The molecule has 0 spiro atoms. The Kier molecular flexibility index (Phi) is 63.0. The van der Waals surface area contributed by atoms with Gasteiger partial charge in [0.25, 0.3) is 0 Å². The average molecular weight is 1790 g/mol. The van der Waals surface area contributed by atoms with Crippen molar-refractivity contribution in [1.82, 2.24) is 0 Å². The van der Waals surface area contributed by atoms with E-state index in [1.165, 1.54) is 7.04 Å². The van der Waals surface area contributed by atoms with Gasteiger partial charge in [0.1, 0.15) is 0 Å². The highest BCUT2D eigenvalue weighted by molar-refractivity contribution is 9.51. The minimum Gasteiger partial charge on any atom is -0.109 e. The highest BCUT2D eigenvalue weighted by Crippen LogP contribution is 3.45. The molecule has 0 heterocycles. The van der Waals surface area contributed by atoms with Gasteiger partial charge in [0.05, 0.1) is 0 Å². The lowest BCUT2D eigenvalue weighted by atomic mass is 28.4. The van der Waals surface area contributed by atoms with Crippen LogP contribution in [0.15, 0.2) is 0 Å². The Labute approximate surface area is 442 Å². The molecule has 0 saturated heterocycles. The molecule has 56 heavy (non-hydrogen) atoms. The Morgan fingerprint density at radius 1 is 0.250 bits per heavy atom. The van der Waals surface area contributed by atoms with Crippen molar-refractivity contribution < 1.29 is 0 Å². The highest BCUT2D eigenvalue weighted by Gasteiger charge is 2.58. The topological polar surface area (TPSA) is 0 Å². The van der Waals surface area contributed by atoms with Gasteiger partial charge < -0.3 is 0 Å². The largest absolute Gasteiger partial charge is 0.109 e. The molecule has 0 aliphatic carbocycles. The van der Waals surface area contributed by atoms with Crippen molar-refractivity contribution in [3.05, 3.63) is 0 Å². The van der Waals surface area contributed by atoms with Crippen LogP contribution in [0.1, 0.15) is 0 Å². The maximum Gasteiger partial charge on any atom is 0.0292 e. The second-order valence-corrected chi connectivity index (χ2v) is 234. The molecule has 0 rings (SSSR count). The molecular weight excluding hydrogens is 1740 g/mol. The van der Waals surface area contributed by atoms with E-state index in [0.29, 0.717) is 0 Å². The molecule has 0 N–H and O–H groups in total. The smallest absolute Gasteiger partial charge is 0.0292 e. The van der Waals surface area contributed by atoms with E-state index in [9.17, 15) is 0 Å². The van der Waals surface area contributed by atoms with Gasteiger partial charge in [-0.05, 0) is 161 Å². The van der Waals surface area contributed by atoms with Crippen molar-refractivity contribution in [2.45, 2.75) is 0 Å². The highest BCUT2D eigenvalue weighted by atomic mass is 33.6. The summed E-state index contributed by atoms with van der Waals surface area (Å²) in [6, 6.07) is 0. The van der Waals surface area contributed by atoms with Gasteiger partial charge in [-0.2, -0.15) is 0 Å². The van der Waals surface area contributed by atoms with Crippen LogP contribution >= 0.6 is 438 Å². The number of hydrogen-bond donors (Lipinski definition) is 0. The maximum atomic E-state index is 7.00. The fraction of sp³-hybridized carbons (Fsp3) is 0. The number of hydrogen-bond acceptors (Lipinski definition) is 1. The average Bonchev–Trinajstić information content (AvgIpc) is 2.99. The van der Waals surface area contributed by atoms with Crippen LogP contribution in [0, 0.1) is 0 Å². The van der Waals surface area contributed by atoms with E-state index >= 15 is 0 Å². The van der Waals surface area contributed by atoms with Crippen LogP contribution in [0.2, 0.25) is 0 Å². The van der Waals surface area contributed by atoms with Crippen LogP contribution in [0.3, 0.4) is 0 Å². The molecule has 32 atom stereocenters. The van der Waals surface area contributed by atoms with Gasteiger partial charge in [0, 0.05) is 28.0 Å². The summed E-state index contributed by atoms with van der Waals surface area (Å²) in [5, 5.41) is 0. The molecule has 0 saturated carbocycles. The van der Waals surface area contributed by atoms with Gasteiger partial charge in [-0.3, -0.25) is 0 Å². The normalized spacial score (nSPS) is 16.7. The molecule has 0 aromatic heterocycles. The Hall–Kier alpha value is 23.7. The summed E-state index contributed by atoms with van der Waals surface area (Å²) < 4.78 is 0. The molecule has 336 valence electrons. The van der Waals surface area contributed by atoms with Crippen molar-refractivity contribution >= 4 is 450 Å². The van der Waals surface area contributed by atoms with Crippen molar-refractivity contribution in [3.8, 4) is 0 Å². The second-order valence-electron chi connectivity index (χ2n) is 8.66. The predicted molar refractivity (Wildman–Crippen MR) is 465 cm³/mol. The molecule has 0 aliphatic rings. The Balaban J connectivity index is 9.81. The Morgan fingerprint density at radius 3 is 0.589 bits per heavy atom. The van der Waals surface area contributed by atoms with Crippen molar-refractivity contribution in [1.29, 1.82) is 0 Å². The van der Waals surface area contributed by atoms with Crippen LogP contribution in [0.4, 0.5) is 0 Å². The summed E-state index contributed by atoms with van der Waals surface area (Å²) in [5.74, 6) is 0. The van der Waals surface area contributed by atoms with Gasteiger partial charge >= 0.3 is 0 Å². The van der Waals surface area contributed by atoms with Gasteiger partial charge in [0.15, 0.2) is 0 Å². The lowest BCUT2D eigenvalue weighted by Gasteiger charge is -2.57. The minimum absolute atomic E-state index is 0.108. The monoisotopic (exact) mass is 1790 g/mol. The molecule has 0 radical (unpaired) electrons. The summed E-state index contributed by atoms with van der Waals surface area (Å²) >= 11 is 7.00.